The third kappa shape index (κ3) is 2.76. The minimum absolute atomic E-state index is 0.828. The lowest BCUT2D eigenvalue weighted by atomic mass is 10.3. The van der Waals surface area contributed by atoms with Crippen LogP contribution in [0.1, 0.15) is 5.56 Å². The van der Waals surface area contributed by atoms with Gasteiger partial charge in [-0.25, -0.2) is 0 Å². The van der Waals surface area contributed by atoms with Gasteiger partial charge in [0.15, 0.2) is 4.67 Å². The van der Waals surface area contributed by atoms with E-state index in [1.165, 1.54) is 30.2 Å². The summed E-state index contributed by atoms with van der Waals surface area (Å²) in [5, 5.41) is 0. The summed E-state index contributed by atoms with van der Waals surface area (Å²) in [5.41, 5.74) is 1.26. The zero-order valence-electron chi connectivity index (χ0n) is 7.33. The van der Waals surface area contributed by atoms with Crippen molar-refractivity contribution in [3.63, 3.8) is 0 Å². The molecule has 0 N–H and O–H groups in total. The Hall–Kier alpha value is 0.0700. The summed E-state index contributed by atoms with van der Waals surface area (Å²) in [7, 11) is 0. The molecular weight excluding hydrogens is 250 g/mol. The summed E-state index contributed by atoms with van der Waals surface area (Å²) < 4.78 is 6.02. The Morgan fingerprint density at radius 2 is 2.23 bits per heavy atom. The number of hydrogen-bond acceptors (Lipinski definition) is 3. The first-order valence-electron chi connectivity index (χ1n) is 4.37. The van der Waals surface area contributed by atoms with Crippen molar-refractivity contribution in [3.8, 4) is 0 Å². The van der Waals surface area contributed by atoms with Crippen molar-refractivity contribution in [1.82, 2.24) is 4.90 Å². The van der Waals surface area contributed by atoms with Gasteiger partial charge in [-0.05, 0) is 22.0 Å². The predicted octanol–water partition coefficient (Wildman–Crippen LogP) is 2.59. The van der Waals surface area contributed by atoms with E-state index in [4.69, 9.17) is 4.42 Å². The lowest BCUT2D eigenvalue weighted by Gasteiger charge is -2.25. The van der Waals surface area contributed by atoms with Crippen LogP contribution in [0.3, 0.4) is 0 Å². The average molecular weight is 262 g/mol. The highest BCUT2D eigenvalue weighted by Gasteiger charge is 2.11. The van der Waals surface area contributed by atoms with Gasteiger partial charge in [0.1, 0.15) is 0 Å². The van der Waals surface area contributed by atoms with Crippen LogP contribution < -0.4 is 0 Å². The lowest BCUT2D eigenvalue weighted by molar-refractivity contribution is 0.293. The van der Waals surface area contributed by atoms with Crippen LogP contribution in [0.25, 0.3) is 0 Å². The molecule has 0 radical (unpaired) electrons. The van der Waals surface area contributed by atoms with Gasteiger partial charge in [-0.2, -0.15) is 11.8 Å². The Kier molecular flexibility index (Phi) is 3.35. The van der Waals surface area contributed by atoms with Crippen LogP contribution in [0.4, 0.5) is 0 Å². The molecule has 0 spiro atoms. The standard InChI is InChI=1S/C9H12BrNOS/c10-9-5-8(7-12-9)6-11-1-3-13-4-2-11/h5,7H,1-4,6H2. The molecule has 13 heavy (non-hydrogen) atoms. The van der Waals surface area contributed by atoms with Gasteiger partial charge < -0.3 is 4.42 Å². The van der Waals surface area contributed by atoms with E-state index in [2.05, 4.69) is 20.8 Å². The molecule has 1 saturated heterocycles. The third-order valence-electron chi connectivity index (χ3n) is 2.13. The maximum atomic E-state index is 5.19. The zero-order valence-corrected chi connectivity index (χ0v) is 9.73. The molecule has 1 aliphatic heterocycles. The number of thioether (sulfide) groups is 1. The number of nitrogens with zero attached hydrogens (tertiary/aromatic N) is 1. The molecule has 0 bridgehead atoms. The lowest BCUT2D eigenvalue weighted by Crippen LogP contribution is -2.31. The summed E-state index contributed by atoms with van der Waals surface area (Å²) in [6, 6.07) is 2.04. The Morgan fingerprint density at radius 3 is 2.85 bits per heavy atom. The van der Waals surface area contributed by atoms with Crippen LogP contribution in [-0.4, -0.2) is 29.5 Å². The molecule has 2 heterocycles. The molecule has 1 aromatic heterocycles. The summed E-state index contributed by atoms with van der Waals surface area (Å²) in [5.74, 6) is 2.53. The van der Waals surface area contributed by atoms with Gasteiger partial charge in [-0.3, -0.25) is 4.90 Å². The Labute approximate surface area is 90.8 Å². The van der Waals surface area contributed by atoms with Crippen molar-refractivity contribution in [1.29, 1.82) is 0 Å². The molecule has 0 aliphatic carbocycles. The minimum Gasteiger partial charge on any atom is -0.457 e. The van der Waals surface area contributed by atoms with E-state index in [0.29, 0.717) is 0 Å². The van der Waals surface area contributed by atoms with E-state index in [9.17, 15) is 0 Å². The monoisotopic (exact) mass is 261 g/mol. The second kappa shape index (κ2) is 4.53. The molecule has 0 atom stereocenters. The van der Waals surface area contributed by atoms with Crippen molar-refractivity contribution < 1.29 is 4.42 Å². The summed E-state index contributed by atoms with van der Waals surface area (Å²) in [6.45, 7) is 3.43. The van der Waals surface area contributed by atoms with Crippen LogP contribution in [-0.2, 0) is 6.54 Å². The second-order valence-corrected chi connectivity index (χ2v) is 5.15. The maximum Gasteiger partial charge on any atom is 0.169 e. The van der Waals surface area contributed by atoms with Gasteiger partial charge in [0.25, 0.3) is 0 Å². The predicted molar refractivity (Wildman–Crippen MR) is 59.0 cm³/mol. The highest BCUT2D eigenvalue weighted by Crippen LogP contribution is 2.17. The molecule has 72 valence electrons. The minimum atomic E-state index is 0.828. The SMILES string of the molecule is Brc1cc(CN2CCSCC2)co1. The Balaban J connectivity index is 1.89. The van der Waals surface area contributed by atoms with Gasteiger partial charge in [-0.1, -0.05) is 0 Å². The first kappa shape index (κ1) is 9.62. The van der Waals surface area contributed by atoms with E-state index in [-0.39, 0.29) is 0 Å². The second-order valence-electron chi connectivity index (χ2n) is 3.15. The van der Waals surface area contributed by atoms with Crippen LogP contribution in [0.15, 0.2) is 21.4 Å². The average Bonchev–Trinajstić information content (AvgIpc) is 2.53. The fourth-order valence-corrected chi connectivity index (χ4v) is 2.81. The molecule has 0 saturated carbocycles. The van der Waals surface area contributed by atoms with Crippen LogP contribution in [0.5, 0.6) is 0 Å². The van der Waals surface area contributed by atoms with Gasteiger partial charge in [0.2, 0.25) is 0 Å². The maximum absolute atomic E-state index is 5.19. The summed E-state index contributed by atoms with van der Waals surface area (Å²) in [4.78, 5) is 2.47. The van der Waals surface area contributed by atoms with E-state index in [0.717, 1.165) is 11.2 Å². The van der Waals surface area contributed by atoms with E-state index in [1.807, 2.05) is 24.1 Å². The highest BCUT2D eigenvalue weighted by molar-refractivity contribution is 9.10. The van der Waals surface area contributed by atoms with Crippen molar-refractivity contribution in [2.45, 2.75) is 6.54 Å². The van der Waals surface area contributed by atoms with E-state index >= 15 is 0 Å². The number of rotatable bonds is 2. The largest absolute Gasteiger partial charge is 0.457 e. The number of furan rings is 1. The molecule has 2 rings (SSSR count). The van der Waals surface area contributed by atoms with Crippen LogP contribution in [0, 0.1) is 0 Å². The molecule has 2 nitrogen and oxygen atoms in total. The summed E-state index contributed by atoms with van der Waals surface area (Å²) in [6.07, 6.45) is 1.83. The van der Waals surface area contributed by atoms with E-state index < -0.39 is 0 Å². The molecule has 1 aliphatic rings. The third-order valence-corrected chi connectivity index (χ3v) is 3.49. The van der Waals surface area contributed by atoms with Gasteiger partial charge in [0.05, 0.1) is 6.26 Å². The van der Waals surface area contributed by atoms with Crippen molar-refractivity contribution >= 4 is 27.7 Å². The van der Waals surface area contributed by atoms with Crippen molar-refractivity contribution in [2.24, 2.45) is 0 Å². The van der Waals surface area contributed by atoms with Crippen LogP contribution in [0.2, 0.25) is 0 Å². The molecule has 1 fully saturated rings. The number of halogens is 1. The van der Waals surface area contributed by atoms with Gasteiger partial charge >= 0.3 is 0 Å². The highest BCUT2D eigenvalue weighted by atomic mass is 79.9. The molecule has 0 aromatic carbocycles. The van der Waals surface area contributed by atoms with Gasteiger partial charge in [0, 0.05) is 36.7 Å². The Bertz CT molecular complexity index is 270. The number of hydrogen-bond donors (Lipinski definition) is 0. The Morgan fingerprint density at radius 1 is 1.46 bits per heavy atom. The van der Waals surface area contributed by atoms with Crippen LogP contribution >= 0.6 is 27.7 Å². The molecule has 4 heteroatoms. The van der Waals surface area contributed by atoms with Crippen molar-refractivity contribution in [3.05, 3.63) is 22.6 Å². The van der Waals surface area contributed by atoms with Gasteiger partial charge in [-0.15, -0.1) is 0 Å². The topological polar surface area (TPSA) is 16.4 Å². The first-order valence-corrected chi connectivity index (χ1v) is 6.32. The summed E-state index contributed by atoms with van der Waals surface area (Å²) >= 11 is 5.35. The molecular formula is C9H12BrNOS. The first-order chi connectivity index (χ1) is 6.34. The normalized spacial score (nSPS) is 19.2. The quantitative estimate of drug-likeness (QED) is 0.815. The smallest absolute Gasteiger partial charge is 0.169 e. The fourth-order valence-electron chi connectivity index (χ4n) is 1.45. The van der Waals surface area contributed by atoms with Crippen molar-refractivity contribution in [2.75, 3.05) is 24.6 Å². The molecule has 0 amide bonds. The molecule has 1 aromatic rings. The zero-order chi connectivity index (χ0) is 9.10. The van der Waals surface area contributed by atoms with E-state index in [1.54, 1.807) is 0 Å². The molecule has 0 unspecified atom stereocenters. The fraction of sp³-hybridized carbons (Fsp3) is 0.556.